The maximum Gasteiger partial charge on any atom is 0.0992 e. The van der Waals surface area contributed by atoms with Gasteiger partial charge in [0.25, 0.3) is 0 Å². The fraction of sp³-hybridized carbons (Fsp3) is 0.188. The Labute approximate surface area is 112 Å². The zero-order chi connectivity index (χ0) is 13.2. The molecule has 0 aromatic heterocycles. The van der Waals surface area contributed by atoms with Crippen molar-refractivity contribution in [2.24, 2.45) is 0 Å². The van der Waals surface area contributed by atoms with E-state index in [1.807, 2.05) is 12.1 Å². The third kappa shape index (κ3) is 2.38. The summed E-state index contributed by atoms with van der Waals surface area (Å²) in [6, 6.07) is 18.4. The van der Waals surface area contributed by atoms with Gasteiger partial charge >= 0.3 is 0 Å². The first-order chi connectivity index (χ1) is 9.28. The van der Waals surface area contributed by atoms with Gasteiger partial charge in [0.05, 0.1) is 23.0 Å². The van der Waals surface area contributed by atoms with Crippen molar-refractivity contribution < 1.29 is 0 Å². The number of nitriles is 1. The van der Waals surface area contributed by atoms with E-state index in [2.05, 4.69) is 35.7 Å². The number of anilines is 2. The van der Waals surface area contributed by atoms with E-state index in [1.165, 1.54) is 5.56 Å². The van der Waals surface area contributed by atoms with Gasteiger partial charge in [0.15, 0.2) is 0 Å². The molecule has 3 nitrogen and oxygen atoms in total. The Morgan fingerprint density at radius 1 is 1.16 bits per heavy atom. The van der Waals surface area contributed by atoms with Crippen molar-refractivity contribution in [1.82, 2.24) is 0 Å². The summed E-state index contributed by atoms with van der Waals surface area (Å²) in [5.74, 6) is 0.566. The highest BCUT2D eigenvalue weighted by Gasteiger charge is 2.38. The van der Waals surface area contributed by atoms with E-state index in [9.17, 15) is 0 Å². The van der Waals surface area contributed by atoms with Gasteiger partial charge in [0.2, 0.25) is 0 Å². The molecule has 3 heteroatoms. The highest BCUT2D eigenvalue weighted by Crippen LogP contribution is 2.43. The number of rotatable bonds is 3. The monoisotopic (exact) mass is 249 g/mol. The fourth-order valence-corrected chi connectivity index (χ4v) is 2.39. The van der Waals surface area contributed by atoms with Crippen molar-refractivity contribution in [3.8, 4) is 6.07 Å². The summed E-state index contributed by atoms with van der Waals surface area (Å²) in [7, 11) is 0. The van der Waals surface area contributed by atoms with Gasteiger partial charge in [-0.3, -0.25) is 0 Å². The summed E-state index contributed by atoms with van der Waals surface area (Å²) in [6.07, 6.45) is 1.13. The van der Waals surface area contributed by atoms with Gasteiger partial charge in [0, 0.05) is 12.0 Å². The minimum absolute atomic E-state index is 0.442. The molecule has 3 N–H and O–H groups in total. The Hall–Kier alpha value is -2.47. The lowest BCUT2D eigenvalue weighted by molar-refractivity contribution is 1.05. The van der Waals surface area contributed by atoms with Crippen molar-refractivity contribution in [1.29, 1.82) is 5.26 Å². The number of nitrogens with one attached hydrogen (secondary N) is 1. The topological polar surface area (TPSA) is 61.8 Å². The quantitative estimate of drug-likeness (QED) is 0.822. The molecule has 0 radical (unpaired) electrons. The van der Waals surface area contributed by atoms with Crippen LogP contribution in [0.3, 0.4) is 0 Å². The molecule has 2 unspecified atom stereocenters. The van der Waals surface area contributed by atoms with Gasteiger partial charge in [-0.05, 0) is 30.2 Å². The molecule has 0 saturated heterocycles. The number of nitrogens with zero attached hydrogens (tertiary/aromatic N) is 1. The molecule has 0 bridgehead atoms. The lowest BCUT2D eigenvalue weighted by Gasteiger charge is -2.09. The van der Waals surface area contributed by atoms with E-state index < -0.39 is 0 Å². The maximum atomic E-state index is 8.81. The molecule has 1 saturated carbocycles. The minimum atomic E-state index is 0.442. The first kappa shape index (κ1) is 11.6. The number of nitrogens with two attached hydrogens (primary N) is 1. The fourth-order valence-electron chi connectivity index (χ4n) is 2.39. The summed E-state index contributed by atoms with van der Waals surface area (Å²) >= 11 is 0. The highest BCUT2D eigenvalue weighted by molar-refractivity contribution is 5.69. The second-order valence-corrected chi connectivity index (χ2v) is 4.92. The van der Waals surface area contributed by atoms with Crippen LogP contribution in [-0.4, -0.2) is 6.04 Å². The van der Waals surface area contributed by atoms with Crippen LogP contribution in [0, 0.1) is 11.3 Å². The van der Waals surface area contributed by atoms with Crippen LogP contribution in [0.1, 0.15) is 23.5 Å². The zero-order valence-corrected chi connectivity index (χ0v) is 10.5. The average molecular weight is 249 g/mol. The first-order valence-corrected chi connectivity index (χ1v) is 6.39. The molecule has 1 aliphatic rings. The van der Waals surface area contributed by atoms with Crippen LogP contribution in [0.4, 0.5) is 11.4 Å². The standard InChI is InChI=1S/C16H15N3/c17-10-11-6-7-15(14(18)8-11)19-16-9-13(16)12-4-2-1-3-5-12/h1-8,13,16,19H,9,18H2. The van der Waals surface area contributed by atoms with Gasteiger partial charge in [-0.2, -0.15) is 5.26 Å². The average Bonchev–Trinajstić information content (AvgIpc) is 3.21. The zero-order valence-electron chi connectivity index (χ0n) is 10.5. The van der Waals surface area contributed by atoms with Crippen molar-refractivity contribution in [2.75, 3.05) is 11.1 Å². The predicted octanol–water partition coefficient (Wildman–Crippen LogP) is 3.11. The number of nitrogen functional groups attached to an aromatic ring is 1. The lowest BCUT2D eigenvalue weighted by atomic mass is 10.1. The van der Waals surface area contributed by atoms with Gasteiger partial charge in [-0.1, -0.05) is 30.3 Å². The van der Waals surface area contributed by atoms with E-state index >= 15 is 0 Å². The molecule has 2 aromatic rings. The van der Waals surface area contributed by atoms with Crippen molar-refractivity contribution >= 4 is 11.4 Å². The lowest BCUT2D eigenvalue weighted by Crippen LogP contribution is -2.06. The summed E-state index contributed by atoms with van der Waals surface area (Å²) in [5, 5.41) is 12.3. The predicted molar refractivity (Wildman–Crippen MR) is 76.8 cm³/mol. The molecule has 2 aromatic carbocycles. The van der Waals surface area contributed by atoms with Crippen molar-refractivity contribution in [3.05, 3.63) is 59.7 Å². The summed E-state index contributed by atoms with van der Waals surface area (Å²) in [6.45, 7) is 0. The molecule has 2 atom stereocenters. The molecule has 0 aliphatic heterocycles. The second-order valence-electron chi connectivity index (χ2n) is 4.92. The van der Waals surface area contributed by atoms with Crippen LogP contribution in [-0.2, 0) is 0 Å². The molecule has 1 fully saturated rings. The van der Waals surface area contributed by atoms with Crippen LogP contribution in [0.15, 0.2) is 48.5 Å². The Morgan fingerprint density at radius 2 is 1.95 bits per heavy atom. The van der Waals surface area contributed by atoms with E-state index in [0.717, 1.165) is 12.1 Å². The van der Waals surface area contributed by atoms with E-state index in [4.69, 9.17) is 11.0 Å². The Bertz CT molecular complexity index is 628. The Balaban J connectivity index is 1.70. The van der Waals surface area contributed by atoms with E-state index in [0.29, 0.717) is 23.2 Å². The molecule has 1 aliphatic carbocycles. The van der Waals surface area contributed by atoms with Crippen LogP contribution in [0.2, 0.25) is 0 Å². The Kier molecular flexibility index (Phi) is 2.85. The third-order valence-electron chi connectivity index (χ3n) is 3.54. The van der Waals surface area contributed by atoms with Crippen LogP contribution >= 0.6 is 0 Å². The molecule has 94 valence electrons. The SMILES string of the molecule is N#Cc1ccc(NC2CC2c2ccccc2)c(N)c1. The van der Waals surface area contributed by atoms with Gasteiger partial charge in [-0.15, -0.1) is 0 Å². The molecule has 0 spiro atoms. The molecular formula is C16H15N3. The molecule has 3 rings (SSSR count). The van der Waals surface area contributed by atoms with E-state index in [-0.39, 0.29) is 0 Å². The molecular weight excluding hydrogens is 234 g/mol. The van der Waals surface area contributed by atoms with Crippen molar-refractivity contribution in [2.45, 2.75) is 18.4 Å². The largest absolute Gasteiger partial charge is 0.397 e. The smallest absolute Gasteiger partial charge is 0.0992 e. The van der Waals surface area contributed by atoms with Crippen LogP contribution < -0.4 is 11.1 Å². The maximum absolute atomic E-state index is 8.81. The summed E-state index contributed by atoms with van der Waals surface area (Å²) in [5.41, 5.74) is 9.46. The van der Waals surface area contributed by atoms with Gasteiger partial charge in [-0.25, -0.2) is 0 Å². The highest BCUT2D eigenvalue weighted by atomic mass is 15.0. The van der Waals surface area contributed by atoms with Crippen molar-refractivity contribution in [3.63, 3.8) is 0 Å². The second kappa shape index (κ2) is 4.66. The van der Waals surface area contributed by atoms with Crippen LogP contribution in [0.25, 0.3) is 0 Å². The van der Waals surface area contributed by atoms with Gasteiger partial charge in [0.1, 0.15) is 0 Å². The molecule has 0 amide bonds. The van der Waals surface area contributed by atoms with E-state index in [1.54, 1.807) is 12.1 Å². The summed E-state index contributed by atoms with van der Waals surface area (Å²) in [4.78, 5) is 0. The molecule has 19 heavy (non-hydrogen) atoms. The summed E-state index contributed by atoms with van der Waals surface area (Å²) < 4.78 is 0. The van der Waals surface area contributed by atoms with Crippen LogP contribution in [0.5, 0.6) is 0 Å². The number of hydrogen-bond acceptors (Lipinski definition) is 3. The normalized spacial score (nSPS) is 20.6. The van der Waals surface area contributed by atoms with Gasteiger partial charge < -0.3 is 11.1 Å². The molecule has 0 heterocycles. The number of hydrogen-bond donors (Lipinski definition) is 2. The Morgan fingerprint density at radius 3 is 2.63 bits per heavy atom. The first-order valence-electron chi connectivity index (χ1n) is 6.39. The minimum Gasteiger partial charge on any atom is -0.397 e. The number of benzene rings is 2. The third-order valence-corrected chi connectivity index (χ3v) is 3.54.